The molecule has 3 rings (SSSR count). The van der Waals surface area contributed by atoms with E-state index in [-0.39, 0.29) is 11.7 Å². The third-order valence-electron chi connectivity index (χ3n) is 3.20. The van der Waals surface area contributed by atoms with Crippen LogP contribution in [-0.4, -0.2) is 15.9 Å². The van der Waals surface area contributed by atoms with Crippen molar-refractivity contribution in [2.24, 2.45) is 0 Å². The molecule has 0 unspecified atom stereocenters. The highest BCUT2D eigenvalue weighted by Crippen LogP contribution is 2.23. The van der Waals surface area contributed by atoms with Crippen molar-refractivity contribution in [3.63, 3.8) is 0 Å². The summed E-state index contributed by atoms with van der Waals surface area (Å²) in [4.78, 5) is 20.5. The Bertz CT molecular complexity index is 787. The Morgan fingerprint density at radius 2 is 2.04 bits per heavy atom. The Morgan fingerprint density at radius 1 is 1.22 bits per heavy atom. The molecule has 0 saturated carbocycles. The van der Waals surface area contributed by atoms with Gasteiger partial charge in [-0.2, -0.15) is 0 Å². The van der Waals surface area contributed by atoms with Crippen molar-refractivity contribution in [2.75, 3.05) is 5.32 Å². The third-order valence-corrected chi connectivity index (χ3v) is 4.14. The average molecular weight is 327 g/mol. The normalized spacial score (nSPS) is 10.5. The Kier molecular flexibility index (Phi) is 4.73. The maximum absolute atomic E-state index is 12.8. The zero-order valence-corrected chi connectivity index (χ0v) is 13.0. The second-order valence-electron chi connectivity index (χ2n) is 4.94. The van der Waals surface area contributed by atoms with Crippen molar-refractivity contribution in [1.82, 2.24) is 9.97 Å². The molecule has 3 aromatic rings. The van der Waals surface area contributed by atoms with Gasteiger partial charge in [-0.1, -0.05) is 0 Å². The minimum atomic E-state index is -0.326. The molecule has 0 radical (unpaired) electrons. The lowest BCUT2D eigenvalue weighted by Gasteiger charge is -2.04. The van der Waals surface area contributed by atoms with Gasteiger partial charge in [0.1, 0.15) is 10.8 Å². The lowest BCUT2D eigenvalue weighted by molar-refractivity contribution is -0.116. The van der Waals surface area contributed by atoms with E-state index in [9.17, 15) is 9.18 Å². The van der Waals surface area contributed by atoms with E-state index in [1.165, 1.54) is 35.6 Å². The van der Waals surface area contributed by atoms with Gasteiger partial charge in [-0.05, 0) is 42.8 Å². The molecule has 1 amide bonds. The van der Waals surface area contributed by atoms with E-state index in [1.54, 1.807) is 12.4 Å². The van der Waals surface area contributed by atoms with Crippen molar-refractivity contribution in [3.8, 4) is 10.6 Å². The van der Waals surface area contributed by atoms with Crippen LogP contribution in [0.2, 0.25) is 0 Å². The first-order valence-electron chi connectivity index (χ1n) is 7.11. The minimum absolute atomic E-state index is 0.118. The number of hydrogen-bond acceptors (Lipinski definition) is 4. The number of benzene rings is 1. The summed E-state index contributed by atoms with van der Waals surface area (Å²) >= 11 is 1.54. The summed E-state index contributed by atoms with van der Waals surface area (Å²) < 4.78 is 12.8. The van der Waals surface area contributed by atoms with E-state index in [2.05, 4.69) is 15.3 Å². The Balaban J connectivity index is 1.55. The molecule has 4 nitrogen and oxygen atoms in total. The van der Waals surface area contributed by atoms with E-state index in [0.717, 1.165) is 16.3 Å². The van der Waals surface area contributed by atoms with Crippen molar-refractivity contribution in [3.05, 3.63) is 65.7 Å². The first-order valence-corrected chi connectivity index (χ1v) is 7.99. The van der Waals surface area contributed by atoms with Gasteiger partial charge in [-0.25, -0.2) is 9.37 Å². The highest BCUT2D eigenvalue weighted by molar-refractivity contribution is 7.13. The molecule has 116 valence electrons. The van der Waals surface area contributed by atoms with Crippen LogP contribution in [-0.2, 0) is 11.2 Å². The number of amides is 1. The number of nitrogens with zero attached hydrogens (tertiary/aromatic N) is 2. The maximum atomic E-state index is 12.8. The third kappa shape index (κ3) is 4.20. The van der Waals surface area contributed by atoms with Crippen molar-refractivity contribution < 1.29 is 9.18 Å². The fourth-order valence-corrected chi connectivity index (χ4v) is 2.89. The van der Waals surface area contributed by atoms with Gasteiger partial charge in [0.05, 0.1) is 5.69 Å². The molecule has 0 spiro atoms. The topological polar surface area (TPSA) is 54.9 Å². The van der Waals surface area contributed by atoms with Crippen LogP contribution in [0.5, 0.6) is 0 Å². The number of nitrogens with one attached hydrogen (secondary N) is 1. The summed E-state index contributed by atoms with van der Waals surface area (Å²) in [5.41, 5.74) is 2.44. The molecule has 23 heavy (non-hydrogen) atoms. The first kappa shape index (κ1) is 15.3. The zero-order chi connectivity index (χ0) is 16.1. The molecule has 2 aromatic heterocycles. The van der Waals surface area contributed by atoms with Crippen molar-refractivity contribution in [2.45, 2.75) is 12.8 Å². The molecule has 0 fully saturated rings. The maximum Gasteiger partial charge on any atom is 0.224 e. The number of hydrogen-bond donors (Lipinski definition) is 1. The molecule has 0 aliphatic rings. The van der Waals surface area contributed by atoms with Gasteiger partial charge in [0.2, 0.25) is 5.91 Å². The SMILES string of the molecule is O=C(CCc1csc(-c2cccnc2)n1)Nc1ccc(F)cc1. The van der Waals surface area contributed by atoms with Crippen LogP contribution in [0.1, 0.15) is 12.1 Å². The lowest BCUT2D eigenvalue weighted by Crippen LogP contribution is -2.12. The van der Waals surface area contributed by atoms with Gasteiger partial charge in [0, 0.05) is 35.4 Å². The number of carbonyl (C=O) groups excluding carboxylic acids is 1. The molecule has 2 heterocycles. The van der Waals surface area contributed by atoms with Crippen LogP contribution in [0.15, 0.2) is 54.2 Å². The molecule has 0 saturated heterocycles. The van der Waals surface area contributed by atoms with Crippen LogP contribution in [0.25, 0.3) is 10.6 Å². The van der Waals surface area contributed by atoms with E-state index < -0.39 is 0 Å². The van der Waals surface area contributed by atoms with Gasteiger partial charge in [-0.3, -0.25) is 9.78 Å². The molecule has 0 aliphatic heterocycles. The number of anilines is 1. The summed E-state index contributed by atoms with van der Waals surface area (Å²) in [5.74, 6) is -0.444. The molecule has 0 bridgehead atoms. The summed E-state index contributed by atoms with van der Waals surface area (Å²) in [6, 6.07) is 9.53. The fourth-order valence-electron chi connectivity index (χ4n) is 2.04. The second-order valence-corrected chi connectivity index (χ2v) is 5.80. The molecule has 0 aliphatic carbocycles. The number of thiazole rings is 1. The summed E-state index contributed by atoms with van der Waals surface area (Å²) in [6.07, 6.45) is 4.37. The summed E-state index contributed by atoms with van der Waals surface area (Å²) in [5, 5.41) is 5.59. The number of aromatic nitrogens is 2. The van der Waals surface area contributed by atoms with E-state index >= 15 is 0 Å². The predicted octanol–water partition coefficient (Wildman–Crippen LogP) is 3.92. The molecule has 0 atom stereocenters. The van der Waals surface area contributed by atoms with Crippen LogP contribution in [0.3, 0.4) is 0 Å². The van der Waals surface area contributed by atoms with Crippen LogP contribution in [0.4, 0.5) is 10.1 Å². The number of rotatable bonds is 5. The monoisotopic (exact) mass is 327 g/mol. The van der Waals surface area contributed by atoms with Crippen LogP contribution < -0.4 is 5.32 Å². The zero-order valence-electron chi connectivity index (χ0n) is 12.2. The van der Waals surface area contributed by atoms with E-state index in [0.29, 0.717) is 18.5 Å². The van der Waals surface area contributed by atoms with Crippen LogP contribution in [0, 0.1) is 5.82 Å². The number of halogens is 1. The molecular weight excluding hydrogens is 313 g/mol. The van der Waals surface area contributed by atoms with Gasteiger partial charge in [-0.15, -0.1) is 11.3 Å². The molecule has 1 N–H and O–H groups in total. The smallest absolute Gasteiger partial charge is 0.224 e. The summed E-state index contributed by atoms with van der Waals surface area (Å²) in [6.45, 7) is 0. The quantitative estimate of drug-likeness (QED) is 0.773. The van der Waals surface area contributed by atoms with Crippen molar-refractivity contribution >= 4 is 22.9 Å². The van der Waals surface area contributed by atoms with E-state index in [4.69, 9.17) is 0 Å². The Morgan fingerprint density at radius 3 is 2.78 bits per heavy atom. The predicted molar refractivity (Wildman–Crippen MR) is 88.7 cm³/mol. The fraction of sp³-hybridized carbons (Fsp3) is 0.118. The van der Waals surface area contributed by atoms with E-state index in [1.807, 2.05) is 17.5 Å². The molecule has 6 heteroatoms. The Hall–Kier alpha value is -2.60. The standard InChI is InChI=1S/C17H14FN3OS/c18-13-3-5-14(6-4-13)20-16(22)8-7-15-11-23-17(21-15)12-2-1-9-19-10-12/h1-6,9-11H,7-8H2,(H,20,22). The Labute approximate surface area is 137 Å². The van der Waals surface area contributed by atoms with Crippen molar-refractivity contribution in [1.29, 1.82) is 0 Å². The van der Waals surface area contributed by atoms with Crippen LogP contribution >= 0.6 is 11.3 Å². The summed E-state index contributed by atoms with van der Waals surface area (Å²) in [7, 11) is 0. The highest BCUT2D eigenvalue weighted by atomic mass is 32.1. The van der Waals surface area contributed by atoms with Gasteiger partial charge < -0.3 is 5.32 Å². The lowest BCUT2D eigenvalue weighted by atomic mass is 10.2. The van der Waals surface area contributed by atoms with Gasteiger partial charge >= 0.3 is 0 Å². The number of carbonyl (C=O) groups is 1. The molecular formula is C17H14FN3OS. The van der Waals surface area contributed by atoms with Gasteiger partial charge in [0.25, 0.3) is 0 Å². The van der Waals surface area contributed by atoms with Gasteiger partial charge in [0.15, 0.2) is 0 Å². The average Bonchev–Trinajstić information content (AvgIpc) is 3.05. The largest absolute Gasteiger partial charge is 0.326 e. The highest BCUT2D eigenvalue weighted by Gasteiger charge is 2.08. The number of aryl methyl sites for hydroxylation is 1. The number of pyridine rings is 1. The minimum Gasteiger partial charge on any atom is -0.326 e. The first-order chi connectivity index (χ1) is 11.2. The molecule has 1 aromatic carbocycles. The second kappa shape index (κ2) is 7.11.